The highest BCUT2D eigenvalue weighted by Crippen LogP contribution is 2.09. The van der Waals surface area contributed by atoms with Crippen molar-refractivity contribution < 1.29 is 14.7 Å². The summed E-state index contributed by atoms with van der Waals surface area (Å²) < 4.78 is 0. The van der Waals surface area contributed by atoms with Gasteiger partial charge in [-0.3, -0.25) is 4.79 Å². The molecule has 0 aliphatic rings. The van der Waals surface area contributed by atoms with Gasteiger partial charge in [0.15, 0.2) is 0 Å². The zero-order chi connectivity index (χ0) is 12.8. The summed E-state index contributed by atoms with van der Waals surface area (Å²) in [5.41, 5.74) is 0.891. The van der Waals surface area contributed by atoms with Crippen molar-refractivity contribution in [2.24, 2.45) is 0 Å². The number of carboxylic acids is 1. The molecule has 1 rings (SSSR count). The molecule has 0 bridgehead atoms. The standard InChI is InChI=1S/C12H12ClNO3/c1-8(12(16)17)6-11(15)14-7-9-2-4-10(13)5-3-9/h2-6H,7H2,1H3,(H,14,15)(H,16,17). The Hall–Kier alpha value is -1.81. The van der Waals surface area contributed by atoms with Gasteiger partial charge in [-0.05, 0) is 24.6 Å². The van der Waals surface area contributed by atoms with Gasteiger partial charge in [-0.2, -0.15) is 0 Å². The molecule has 17 heavy (non-hydrogen) atoms. The van der Waals surface area contributed by atoms with Crippen LogP contribution in [0.5, 0.6) is 0 Å². The van der Waals surface area contributed by atoms with Crippen LogP contribution in [0.3, 0.4) is 0 Å². The van der Waals surface area contributed by atoms with Gasteiger partial charge in [0.25, 0.3) is 0 Å². The summed E-state index contributed by atoms with van der Waals surface area (Å²) in [5, 5.41) is 11.8. The van der Waals surface area contributed by atoms with Crippen molar-refractivity contribution in [1.82, 2.24) is 5.32 Å². The second kappa shape index (κ2) is 6.06. The van der Waals surface area contributed by atoms with Crippen molar-refractivity contribution in [2.75, 3.05) is 0 Å². The third kappa shape index (κ3) is 4.70. The van der Waals surface area contributed by atoms with Gasteiger partial charge in [0.1, 0.15) is 0 Å². The lowest BCUT2D eigenvalue weighted by molar-refractivity contribution is -0.133. The molecule has 0 aliphatic heterocycles. The summed E-state index contributed by atoms with van der Waals surface area (Å²) in [5.74, 6) is -1.54. The minimum atomic E-state index is -1.10. The van der Waals surface area contributed by atoms with Crippen LogP contribution in [0.25, 0.3) is 0 Å². The van der Waals surface area contributed by atoms with Gasteiger partial charge >= 0.3 is 5.97 Å². The average molecular weight is 254 g/mol. The van der Waals surface area contributed by atoms with E-state index in [0.29, 0.717) is 11.6 Å². The molecule has 1 aromatic rings. The summed E-state index contributed by atoms with van der Waals surface area (Å²) in [6, 6.07) is 7.02. The normalized spacial score (nSPS) is 11.1. The van der Waals surface area contributed by atoms with Gasteiger partial charge in [-0.25, -0.2) is 4.79 Å². The Morgan fingerprint density at radius 2 is 1.94 bits per heavy atom. The van der Waals surface area contributed by atoms with E-state index in [2.05, 4.69) is 5.32 Å². The number of nitrogens with one attached hydrogen (secondary N) is 1. The molecule has 5 heteroatoms. The average Bonchev–Trinajstić information content (AvgIpc) is 2.28. The first-order valence-corrected chi connectivity index (χ1v) is 5.30. The SMILES string of the molecule is CC(=CC(=O)NCc1ccc(Cl)cc1)C(=O)O. The van der Waals surface area contributed by atoms with Crippen molar-refractivity contribution >= 4 is 23.5 Å². The Bertz CT molecular complexity index is 451. The molecule has 0 aromatic heterocycles. The summed E-state index contributed by atoms with van der Waals surface area (Å²) in [4.78, 5) is 21.8. The monoisotopic (exact) mass is 253 g/mol. The number of carbonyl (C=O) groups is 2. The van der Waals surface area contributed by atoms with Crippen LogP contribution < -0.4 is 5.32 Å². The number of benzene rings is 1. The number of carbonyl (C=O) groups excluding carboxylic acids is 1. The Morgan fingerprint density at radius 1 is 1.35 bits per heavy atom. The summed E-state index contributed by atoms with van der Waals surface area (Å²) in [7, 11) is 0. The highest BCUT2D eigenvalue weighted by molar-refractivity contribution is 6.30. The zero-order valence-corrected chi connectivity index (χ0v) is 9.99. The van der Waals surface area contributed by atoms with E-state index in [-0.39, 0.29) is 5.57 Å². The van der Waals surface area contributed by atoms with Crippen molar-refractivity contribution in [3.63, 3.8) is 0 Å². The minimum absolute atomic E-state index is 0.00129. The maximum atomic E-state index is 11.3. The van der Waals surface area contributed by atoms with Crippen LogP contribution in [0.1, 0.15) is 12.5 Å². The molecule has 0 atom stereocenters. The fourth-order valence-electron chi connectivity index (χ4n) is 1.10. The van der Waals surface area contributed by atoms with E-state index in [9.17, 15) is 9.59 Å². The molecule has 0 heterocycles. The van der Waals surface area contributed by atoms with Crippen LogP contribution >= 0.6 is 11.6 Å². The Balaban J connectivity index is 2.51. The Kier molecular flexibility index (Phi) is 4.72. The van der Waals surface area contributed by atoms with E-state index in [0.717, 1.165) is 11.6 Å². The molecule has 4 nitrogen and oxygen atoms in total. The Morgan fingerprint density at radius 3 is 2.47 bits per heavy atom. The lowest BCUT2D eigenvalue weighted by atomic mass is 10.2. The van der Waals surface area contributed by atoms with Crippen LogP contribution in [0.15, 0.2) is 35.9 Å². The van der Waals surface area contributed by atoms with Gasteiger partial charge in [0.05, 0.1) is 0 Å². The molecular weight excluding hydrogens is 242 g/mol. The van der Waals surface area contributed by atoms with E-state index < -0.39 is 11.9 Å². The van der Waals surface area contributed by atoms with E-state index in [1.54, 1.807) is 24.3 Å². The van der Waals surface area contributed by atoms with Crippen molar-refractivity contribution in [3.8, 4) is 0 Å². The number of hydrogen-bond acceptors (Lipinski definition) is 2. The van der Waals surface area contributed by atoms with Crippen LogP contribution in [0.2, 0.25) is 5.02 Å². The lowest BCUT2D eigenvalue weighted by Gasteiger charge is -2.03. The molecule has 0 fully saturated rings. The quantitative estimate of drug-likeness (QED) is 0.807. The van der Waals surface area contributed by atoms with Gasteiger partial charge < -0.3 is 10.4 Å². The van der Waals surface area contributed by atoms with Gasteiger partial charge in [-0.15, -0.1) is 0 Å². The van der Waals surface area contributed by atoms with Crippen LogP contribution in [-0.4, -0.2) is 17.0 Å². The predicted molar refractivity (Wildman–Crippen MR) is 64.7 cm³/mol. The third-order valence-corrected chi connectivity index (χ3v) is 2.32. The molecular formula is C12H12ClNO3. The topological polar surface area (TPSA) is 66.4 Å². The Labute approximate surface area is 104 Å². The third-order valence-electron chi connectivity index (χ3n) is 2.06. The van der Waals surface area contributed by atoms with Crippen molar-refractivity contribution in [1.29, 1.82) is 0 Å². The van der Waals surface area contributed by atoms with Crippen LogP contribution in [0, 0.1) is 0 Å². The molecule has 1 amide bonds. The lowest BCUT2D eigenvalue weighted by Crippen LogP contribution is -2.21. The molecule has 90 valence electrons. The minimum Gasteiger partial charge on any atom is -0.478 e. The van der Waals surface area contributed by atoms with Gasteiger partial charge in [-0.1, -0.05) is 23.7 Å². The highest BCUT2D eigenvalue weighted by atomic mass is 35.5. The summed E-state index contributed by atoms with van der Waals surface area (Å²) in [6.45, 7) is 1.70. The molecule has 0 unspecified atom stereocenters. The molecule has 0 saturated heterocycles. The molecule has 0 spiro atoms. The van der Waals surface area contributed by atoms with Gasteiger partial charge in [0.2, 0.25) is 5.91 Å². The van der Waals surface area contributed by atoms with Crippen LogP contribution in [-0.2, 0) is 16.1 Å². The number of amides is 1. The summed E-state index contributed by atoms with van der Waals surface area (Å²) in [6.07, 6.45) is 1.05. The van der Waals surface area contributed by atoms with E-state index in [4.69, 9.17) is 16.7 Å². The van der Waals surface area contributed by atoms with E-state index >= 15 is 0 Å². The first-order valence-electron chi connectivity index (χ1n) is 4.93. The van der Waals surface area contributed by atoms with Crippen LogP contribution in [0.4, 0.5) is 0 Å². The second-order valence-corrected chi connectivity index (χ2v) is 3.91. The van der Waals surface area contributed by atoms with E-state index in [1.165, 1.54) is 6.92 Å². The maximum Gasteiger partial charge on any atom is 0.331 e. The molecule has 0 saturated carbocycles. The fraction of sp³-hybridized carbons (Fsp3) is 0.167. The molecule has 0 radical (unpaired) electrons. The summed E-state index contributed by atoms with van der Waals surface area (Å²) >= 11 is 5.72. The smallest absolute Gasteiger partial charge is 0.331 e. The van der Waals surface area contributed by atoms with Crippen molar-refractivity contribution in [2.45, 2.75) is 13.5 Å². The maximum absolute atomic E-state index is 11.3. The number of halogens is 1. The molecule has 0 aliphatic carbocycles. The number of rotatable bonds is 4. The number of carboxylic acid groups (broad SMARTS) is 1. The number of hydrogen-bond donors (Lipinski definition) is 2. The first-order chi connectivity index (χ1) is 7.99. The van der Waals surface area contributed by atoms with Gasteiger partial charge in [0, 0.05) is 23.2 Å². The molecule has 2 N–H and O–H groups in total. The first kappa shape index (κ1) is 13.3. The second-order valence-electron chi connectivity index (χ2n) is 3.48. The number of aliphatic carboxylic acids is 1. The molecule has 1 aromatic carbocycles. The highest BCUT2D eigenvalue weighted by Gasteiger charge is 2.03. The fourth-order valence-corrected chi connectivity index (χ4v) is 1.23. The van der Waals surface area contributed by atoms with E-state index in [1.807, 2.05) is 0 Å². The predicted octanol–water partition coefficient (Wildman–Crippen LogP) is 1.99. The zero-order valence-electron chi connectivity index (χ0n) is 9.24. The van der Waals surface area contributed by atoms with Crippen molar-refractivity contribution in [3.05, 3.63) is 46.5 Å². The largest absolute Gasteiger partial charge is 0.478 e.